The van der Waals surface area contributed by atoms with Crippen molar-refractivity contribution in [2.75, 3.05) is 5.32 Å². The van der Waals surface area contributed by atoms with E-state index >= 15 is 0 Å². The summed E-state index contributed by atoms with van der Waals surface area (Å²) < 4.78 is 4.98. The van der Waals surface area contributed by atoms with E-state index in [1.165, 1.54) is 0 Å². The second-order valence-corrected chi connectivity index (χ2v) is 4.39. The highest BCUT2D eigenvalue weighted by molar-refractivity contribution is 7.80. The van der Waals surface area contributed by atoms with Gasteiger partial charge in [0.15, 0.2) is 0 Å². The minimum atomic E-state index is 0.302. The van der Waals surface area contributed by atoms with Gasteiger partial charge in [0.2, 0.25) is 0 Å². The summed E-state index contributed by atoms with van der Waals surface area (Å²) in [5.74, 6) is 0. The molecule has 3 N–H and O–H groups in total. The first-order chi connectivity index (χ1) is 8.16. The molecule has 0 saturated heterocycles. The van der Waals surface area contributed by atoms with E-state index in [-0.39, 0.29) is 0 Å². The van der Waals surface area contributed by atoms with Crippen molar-refractivity contribution >= 4 is 34.5 Å². The maximum Gasteiger partial charge on any atom is 0.105 e. The van der Waals surface area contributed by atoms with Crippen LogP contribution < -0.4 is 11.1 Å². The van der Waals surface area contributed by atoms with Crippen molar-refractivity contribution in [3.8, 4) is 0 Å². The van der Waals surface area contributed by atoms with Crippen molar-refractivity contribution < 1.29 is 4.42 Å². The van der Waals surface area contributed by atoms with E-state index in [4.69, 9.17) is 34.0 Å². The Hall–Kier alpha value is -1.52. The average Bonchev–Trinajstić information content (AvgIpc) is 2.78. The summed E-state index contributed by atoms with van der Waals surface area (Å²) in [6.07, 6.45) is 3.33. The number of rotatable bonds is 4. The van der Waals surface area contributed by atoms with Gasteiger partial charge in [-0.1, -0.05) is 23.8 Å². The zero-order chi connectivity index (χ0) is 12.3. The van der Waals surface area contributed by atoms with Gasteiger partial charge < -0.3 is 15.5 Å². The van der Waals surface area contributed by atoms with Gasteiger partial charge in [0.25, 0.3) is 0 Å². The SMILES string of the molecule is NC(=S)c1ccc(NCc2ccoc2)cc1Cl. The molecule has 1 aromatic carbocycles. The maximum absolute atomic E-state index is 6.06. The highest BCUT2D eigenvalue weighted by Gasteiger charge is 2.04. The normalized spacial score (nSPS) is 10.2. The van der Waals surface area contributed by atoms with E-state index in [1.807, 2.05) is 18.2 Å². The summed E-state index contributed by atoms with van der Waals surface area (Å²) in [5, 5.41) is 3.78. The van der Waals surface area contributed by atoms with E-state index in [9.17, 15) is 0 Å². The van der Waals surface area contributed by atoms with E-state index in [0.29, 0.717) is 22.1 Å². The molecule has 0 amide bonds. The first-order valence-electron chi connectivity index (χ1n) is 5.01. The molecule has 0 aliphatic carbocycles. The smallest absolute Gasteiger partial charge is 0.105 e. The molecule has 0 saturated carbocycles. The molecule has 88 valence electrons. The lowest BCUT2D eigenvalue weighted by atomic mass is 10.2. The van der Waals surface area contributed by atoms with Crippen LogP contribution in [-0.4, -0.2) is 4.99 Å². The Kier molecular flexibility index (Phi) is 3.66. The highest BCUT2D eigenvalue weighted by atomic mass is 35.5. The number of hydrogen-bond acceptors (Lipinski definition) is 3. The predicted molar refractivity (Wildman–Crippen MR) is 73.4 cm³/mol. The van der Waals surface area contributed by atoms with Crippen molar-refractivity contribution in [3.05, 3.63) is 52.9 Å². The number of anilines is 1. The molecular weight excluding hydrogens is 256 g/mol. The number of nitrogens with two attached hydrogens (primary N) is 1. The van der Waals surface area contributed by atoms with E-state index in [2.05, 4.69) is 5.32 Å². The molecular formula is C12H11ClN2OS. The summed E-state index contributed by atoms with van der Waals surface area (Å²) in [7, 11) is 0. The molecule has 0 unspecified atom stereocenters. The number of hydrogen-bond donors (Lipinski definition) is 2. The number of benzene rings is 1. The summed E-state index contributed by atoms with van der Waals surface area (Å²) in [4.78, 5) is 0.302. The van der Waals surface area contributed by atoms with Gasteiger partial charge >= 0.3 is 0 Å². The lowest BCUT2D eigenvalue weighted by Crippen LogP contribution is -2.10. The number of nitrogens with one attached hydrogen (secondary N) is 1. The molecule has 2 rings (SSSR count). The van der Waals surface area contributed by atoms with Gasteiger partial charge in [-0.25, -0.2) is 0 Å². The van der Waals surface area contributed by atoms with Gasteiger partial charge in [0.05, 0.1) is 17.5 Å². The van der Waals surface area contributed by atoms with Crippen LogP contribution in [0.4, 0.5) is 5.69 Å². The Bertz CT molecular complexity index is 525. The van der Waals surface area contributed by atoms with Gasteiger partial charge in [-0.05, 0) is 24.3 Å². The number of thiocarbonyl (C=S) groups is 1. The minimum absolute atomic E-state index is 0.302. The third-order valence-corrected chi connectivity index (χ3v) is 2.84. The maximum atomic E-state index is 6.06. The summed E-state index contributed by atoms with van der Waals surface area (Å²) in [6, 6.07) is 7.40. The summed E-state index contributed by atoms with van der Waals surface area (Å²) >= 11 is 10.9. The molecule has 2 aromatic rings. The third kappa shape index (κ3) is 2.99. The number of furan rings is 1. The molecule has 0 radical (unpaired) electrons. The first-order valence-corrected chi connectivity index (χ1v) is 5.80. The highest BCUT2D eigenvalue weighted by Crippen LogP contribution is 2.21. The van der Waals surface area contributed by atoms with Crippen molar-refractivity contribution in [1.82, 2.24) is 0 Å². The van der Waals surface area contributed by atoms with Crippen LogP contribution in [0.15, 0.2) is 41.2 Å². The van der Waals surface area contributed by atoms with Crippen molar-refractivity contribution in [2.45, 2.75) is 6.54 Å². The minimum Gasteiger partial charge on any atom is -0.472 e. The molecule has 1 heterocycles. The van der Waals surface area contributed by atoms with Crippen LogP contribution in [0.1, 0.15) is 11.1 Å². The van der Waals surface area contributed by atoms with Crippen LogP contribution >= 0.6 is 23.8 Å². The van der Waals surface area contributed by atoms with Crippen LogP contribution in [-0.2, 0) is 6.54 Å². The Morgan fingerprint density at radius 2 is 2.24 bits per heavy atom. The van der Waals surface area contributed by atoms with E-state index in [1.54, 1.807) is 18.6 Å². The zero-order valence-electron chi connectivity index (χ0n) is 8.94. The second kappa shape index (κ2) is 5.21. The quantitative estimate of drug-likeness (QED) is 0.835. The van der Waals surface area contributed by atoms with Gasteiger partial charge in [-0.3, -0.25) is 0 Å². The molecule has 0 aliphatic rings. The molecule has 1 aromatic heterocycles. The number of halogens is 1. The molecule has 0 spiro atoms. The molecule has 5 heteroatoms. The molecule has 3 nitrogen and oxygen atoms in total. The van der Waals surface area contributed by atoms with Crippen LogP contribution in [0.25, 0.3) is 0 Å². The molecule has 17 heavy (non-hydrogen) atoms. The fraction of sp³-hybridized carbons (Fsp3) is 0.0833. The largest absolute Gasteiger partial charge is 0.472 e. The second-order valence-electron chi connectivity index (χ2n) is 3.54. The van der Waals surface area contributed by atoms with E-state index < -0.39 is 0 Å². The zero-order valence-corrected chi connectivity index (χ0v) is 10.5. The third-order valence-electron chi connectivity index (χ3n) is 2.31. The molecule has 0 aliphatic heterocycles. The van der Waals surface area contributed by atoms with Gasteiger partial charge in [0, 0.05) is 23.4 Å². The Morgan fingerprint density at radius 3 is 2.82 bits per heavy atom. The lowest BCUT2D eigenvalue weighted by molar-refractivity contribution is 0.564. The Balaban J connectivity index is 2.07. The fourth-order valence-electron chi connectivity index (χ4n) is 1.42. The van der Waals surface area contributed by atoms with Crippen LogP contribution in [0.2, 0.25) is 5.02 Å². The Labute approximate surface area is 110 Å². The van der Waals surface area contributed by atoms with E-state index in [0.717, 1.165) is 11.3 Å². The van der Waals surface area contributed by atoms with Crippen molar-refractivity contribution in [1.29, 1.82) is 0 Å². The van der Waals surface area contributed by atoms with Crippen LogP contribution in [0, 0.1) is 0 Å². The molecule has 0 bridgehead atoms. The monoisotopic (exact) mass is 266 g/mol. The summed E-state index contributed by atoms with van der Waals surface area (Å²) in [5.41, 5.74) is 8.20. The van der Waals surface area contributed by atoms with Crippen LogP contribution in [0.3, 0.4) is 0 Å². The van der Waals surface area contributed by atoms with Crippen molar-refractivity contribution in [2.24, 2.45) is 5.73 Å². The summed E-state index contributed by atoms with van der Waals surface area (Å²) in [6.45, 7) is 0.680. The molecule has 0 atom stereocenters. The standard InChI is InChI=1S/C12H11ClN2OS/c13-11-5-9(1-2-10(11)12(14)17)15-6-8-3-4-16-7-8/h1-5,7,15H,6H2,(H2,14,17). The molecule has 0 fully saturated rings. The van der Waals surface area contributed by atoms with Gasteiger partial charge in [0.1, 0.15) is 4.99 Å². The Morgan fingerprint density at radius 1 is 1.41 bits per heavy atom. The van der Waals surface area contributed by atoms with Crippen LogP contribution in [0.5, 0.6) is 0 Å². The van der Waals surface area contributed by atoms with Crippen molar-refractivity contribution in [3.63, 3.8) is 0 Å². The fourth-order valence-corrected chi connectivity index (χ4v) is 1.94. The predicted octanol–water partition coefficient (Wildman–Crippen LogP) is 3.18. The first kappa shape index (κ1) is 12.0. The van der Waals surface area contributed by atoms with Gasteiger partial charge in [-0.15, -0.1) is 0 Å². The lowest BCUT2D eigenvalue weighted by Gasteiger charge is -2.07. The van der Waals surface area contributed by atoms with Gasteiger partial charge in [-0.2, -0.15) is 0 Å². The average molecular weight is 267 g/mol. The topological polar surface area (TPSA) is 51.2 Å².